The van der Waals surface area contributed by atoms with Crippen LogP contribution in [0.4, 0.5) is 0 Å². The number of imidazole rings is 1. The molecule has 1 heterocycles. The van der Waals surface area contributed by atoms with Crippen LogP contribution in [-0.2, 0) is 16.1 Å². The van der Waals surface area contributed by atoms with E-state index >= 15 is 0 Å². The van der Waals surface area contributed by atoms with E-state index in [1.54, 1.807) is 24.3 Å². The van der Waals surface area contributed by atoms with E-state index in [1.807, 2.05) is 6.92 Å². The minimum absolute atomic E-state index is 0.00789. The molecule has 24 heavy (non-hydrogen) atoms. The highest BCUT2D eigenvalue weighted by molar-refractivity contribution is 7.99. The Morgan fingerprint density at radius 2 is 1.96 bits per heavy atom. The van der Waals surface area contributed by atoms with Crippen molar-refractivity contribution in [3.63, 3.8) is 0 Å². The fraction of sp³-hybridized carbons (Fsp3) is 0.312. The average Bonchev–Trinajstić information content (AvgIpc) is 2.89. The lowest BCUT2D eigenvalue weighted by atomic mass is 10.1. The molecule has 1 aromatic carbocycles. The van der Waals surface area contributed by atoms with E-state index in [0.717, 1.165) is 17.7 Å². The fourth-order valence-electron chi connectivity index (χ4n) is 2.20. The molecule has 0 unspecified atom stereocenters. The van der Waals surface area contributed by atoms with E-state index in [4.69, 9.17) is 11.6 Å². The van der Waals surface area contributed by atoms with Gasteiger partial charge in [-0.15, -0.1) is 0 Å². The third-order valence-electron chi connectivity index (χ3n) is 3.34. The lowest BCUT2D eigenvalue weighted by Gasteiger charge is -2.22. The molecular weight excluding hydrogens is 352 g/mol. The summed E-state index contributed by atoms with van der Waals surface area (Å²) in [5, 5.41) is 23.5. The predicted octanol–water partition coefficient (Wildman–Crippen LogP) is 0.670. The van der Waals surface area contributed by atoms with Crippen LogP contribution in [0.15, 0.2) is 35.6 Å². The van der Waals surface area contributed by atoms with Crippen molar-refractivity contribution in [1.29, 1.82) is 0 Å². The first kappa shape index (κ1) is 18.4. The van der Waals surface area contributed by atoms with E-state index < -0.39 is 17.9 Å². The fourth-order valence-corrected chi connectivity index (χ4v) is 3.24. The lowest BCUT2D eigenvalue weighted by Crippen LogP contribution is -2.42. The Kier molecular flexibility index (Phi) is 6.28. The number of benzene rings is 1. The molecule has 0 aliphatic heterocycles. The second-order valence-electron chi connectivity index (χ2n) is 5.06. The largest absolute Gasteiger partial charge is 0.549 e. The first-order valence-electron chi connectivity index (χ1n) is 7.29. The zero-order valence-electron chi connectivity index (χ0n) is 12.9. The number of rotatable bonds is 8. The number of nitrogens with zero attached hydrogens (tertiary/aromatic N) is 2. The van der Waals surface area contributed by atoms with Gasteiger partial charge in [0.05, 0.1) is 36.3 Å². The number of hydrogen-bond donors (Lipinski definition) is 0. The number of aromatic nitrogens is 2. The number of halogens is 1. The Bertz CT molecular complexity index is 733. The maximum Gasteiger partial charge on any atom is 0.168 e. The molecule has 0 radical (unpaired) electrons. The number of carboxylic acid groups (broad SMARTS) is 2. The maximum absolute atomic E-state index is 11.2. The van der Waals surface area contributed by atoms with Crippen LogP contribution < -0.4 is 10.2 Å². The zero-order chi connectivity index (χ0) is 17.7. The van der Waals surface area contributed by atoms with Crippen LogP contribution in [0, 0.1) is 0 Å². The summed E-state index contributed by atoms with van der Waals surface area (Å²) < 4.78 is 1.54. The van der Waals surface area contributed by atoms with Gasteiger partial charge in [0.25, 0.3) is 0 Å². The van der Waals surface area contributed by atoms with Crippen molar-refractivity contribution in [1.82, 2.24) is 9.55 Å². The topological polar surface area (TPSA) is 98.1 Å². The molecule has 0 saturated heterocycles. The summed E-state index contributed by atoms with van der Waals surface area (Å²) in [5.41, 5.74) is 0.737. The highest BCUT2D eigenvalue weighted by atomic mass is 35.5. The predicted molar refractivity (Wildman–Crippen MR) is 86.6 cm³/mol. The molecule has 6 nitrogen and oxygen atoms in total. The van der Waals surface area contributed by atoms with Crippen molar-refractivity contribution in [2.75, 3.05) is 5.75 Å². The highest BCUT2D eigenvalue weighted by Gasteiger charge is 2.22. The molecule has 0 fully saturated rings. The third kappa shape index (κ3) is 4.10. The quantitative estimate of drug-likeness (QED) is 0.503. The van der Waals surface area contributed by atoms with E-state index in [2.05, 4.69) is 4.98 Å². The number of thioether (sulfide) groups is 1. The molecule has 0 atom stereocenters. The van der Waals surface area contributed by atoms with Gasteiger partial charge in [-0.3, -0.25) is 0 Å². The van der Waals surface area contributed by atoms with Crippen molar-refractivity contribution in [3.05, 3.63) is 46.7 Å². The molecule has 2 aromatic rings. The average molecular weight is 367 g/mol. The Labute approximate surface area is 148 Å². The molecule has 1 aromatic heterocycles. The van der Waals surface area contributed by atoms with Gasteiger partial charge in [0, 0.05) is 10.8 Å². The first-order valence-corrected chi connectivity index (χ1v) is 8.65. The van der Waals surface area contributed by atoms with Gasteiger partial charge >= 0.3 is 0 Å². The van der Waals surface area contributed by atoms with Gasteiger partial charge in [-0.2, -0.15) is 0 Å². The van der Waals surface area contributed by atoms with Gasteiger partial charge in [0.2, 0.25) is 0 Å². The van der Waals surface area contributed by atoms with Crippen LogP contribution in [0.5, 0.6) is 0 Å². The molecule has 0 spiro atoms. The van der Waals surface area contributed by atoms with Gasteiger partial charge < -0.3 is 24.4 Å². The highest BCUT2D eigenvalue weighted by Crippen LogP contribution is 2.27. The van der Waals surface area contributed by atoms with Crippen LogP contribution in [-0.4, -0.2) is 27.2 Å². The first-order chi connectivity index (χ1) is 11.5. The maximum atomic E-state index is 11.2. The van der Waals surface area contributed by atoms with Crippen LogP contribution in [0.25, 0.3) is 0 Å². The molecule has 0 saturated carbocycles. The van der Waals surface area contributed by atoms with Gasteiger partial charge in [-0.05, 0) is 18.1 Å². The van der Waals surface area contributed by atoms with Gasteiger partial charge in [-0.1, -0.05) is 48.5 Å². The summed E-state index contributed by atoms with van der Waals surface area (Å²) in [4.78, 5) is 26.6. The van der Waals surface area contributed by atoms with Crippen molar-refractivity contribution in [2.24, 2.45) is 0 Å². The SMILES string of the molecule is CCCSc1ncc(C(C(=O)[O-])C(=O)[O-])n1Cc1ccccc1Cl. The van der Waals surface area contributed by atoms with Crippen LogP contribution in [0.2, 0.25) is 5.02 Å². The Balaban J connectivity index is 2.48. The monoisotopic (exact) mass is 366 g/mol. The van der Waals surface area contributed by atoms with Crippen LogP contribution in [0.3, 0.4) is 0 Å². The van der Waals surface area contributed by atoms with E-state index in [-0.39, 0.29) is 12.2 Å². The molecule has 0 N–H and O–H groups in total. The minimum Gasteiger partial charge on any atom is -0.549 e. The number of carbonyl (C=O) groups excluding carboxylic acids is 2. The molecule has 0 aliphatic carbocycles. The summed E-state index contributed by atoms with van der Waals surface area (Å²) in [6.07, 6.45) is 2.13. The second-order valence-corrected chi connectivity index (χ2v) is 6.53. The van der Waals surface area contributed by atoms with Crippen LogP contribution in [0.1, 0.15) is 30.5 Å². The van der Waals surface area contributed by atoms with Crippen LogP contribution >= 0.6 is 23.4 Å². The normalized spacial score (nSPS) is 11.0. The minimum atomic E-state index is -1.89. The molecule has 128 valence electrons. The van der Waals surface area contributed by atoms with E-state index in [1.165, 1.54) is 22.5 Å². The summed E-state index contributed by atoms with van der Waals surface area (Å²) in [6.45, 7) is 2.21. The van der Waals surface area contributed by atoms with Gasteiger partial charge in [-0.25, -0.2) is 4.98 Å². The standard InChI is InChI=1S/C16H17ClN2O4S/c1-2-7-24-16-18-8-12(13(14(20)21)15(22)23)19(16)9-10-5-3-4-6-11(10)17/h3-6,8,13H,2,7,9H2,1H3,(H,20,21)(H,22,23)/p-2. The summed E-state index contributed by atoms with van der Waals surface area (Å²) in [5.74, 6) is -4.60. The lowest BCUT2D eigenvalue weighted by molar-refractivity contribution is -0.326. The molecule has 0 bridgehead atoms. The molecular formula is C16H15ClN2O4S-2. The zero-order valence-corrected chi connectivity index (χ0v) is 14.5. The Hall–Kier alpha value is -1.99. The number of hydrogen-bond acceptors (Lipinski definition) is 6. The van der Waals surface area contributed by atoms with Gasteiger partial charge in [0.1, 0.15) is 0 Å². The molecule has 8 heteroatoms. The number of aliphatic carboxylic acids is 2. The Morgan fingerprint density at radius 1 is 1.29 bits per heavy atom. The number of carbonyl (C=O) groups is 2. The molecule has 2 rings (SSSR count). The van der Waals surface area contributed by atoms with Crippen molar-refractivity contribution in [3.8, 4) is 0 Å². The van der Waals surface area contributed by atoms with Crippen molar-refractivity contribution in [2.45, 2.75) is 31.0 Å². The smallest absolute Gasteiger partial charge is 0.168 e. The third-order valence-corrected chi connectivity index (χ3v) is 4.90. The van der Waals surface area contributed by atoms with E-state index in [9.17, 15) is 19.8 Å². The van der Waals surface area contributed by atoms with Crippen molar-refractivity contribution >= 4 is 35.3 Å². The van der Waals surface area contributed by atoms with Gasteiger partial charge in [0.15, 0.2) is 5.16 Å². The second kappa shape index (κ2) is 8.21. The van der Waals surface area contributed by atoms with E-state index in [0.29, 0.717) is 10.2 Å². The summed E-state index contributed by atoms with van der Waals surface area (Å²) in [6, 6.07) is 7.07. The molecule has 0 aliphatic rings. The summed E-state index contributed by atoms with van der Waals surface area (Å²) in [7, 11) is 0. The summed E-state index contributed by atoms with van der Waals surface area (Å²) >= 11 is 7.57. The molecule has 0 amide bonds. The Morgan fingerprint density at radius 3 is 2.54 bits per heavy atom. The number of carboxylic acids is 2. The van der Waals surface area contributed by atoms with Crippen molar-refractivity contribution < 1.29 is 19.8 Å².